The lowest BCUT2D eigenvalue weighted by molar-refractivity contribution is -0.225. The van der Waals surface area contributed by atoms with Crippen LogP contribution in [-0.2, 0) is 19.1 Å². The van der Waals surface area contributed by atoms with Crippen LogP contribution in [0.25, 0.3) is 0 Å². The summed E-state index contributed by atoms with van der Waals surface area (Å²) in [6.07, 6.45) is 5.81. The number of carbonyl (C=O) groups excluding carboxylic acids is 2. The Balaban J connectivity index is 5.32. The van der Waals surface area contributed by atoms with Crippen molar-refractivity contribution in [1.29, 1.82) is 0 Å². The van der Waals surface area contributed by atoms with Crippen LogP contribution in [0, 0.1) is 0 Å². The smallest absolute Gasteiger partial charge is 0.336 e. The first-order valence-corrected chi connectivity index (χ1v) is 9.44. The maximum absolute atomic E-state index is 12.0. The zero-order chi connectivity index (χ0) is 19.7. The summed E-state index contributed by atoms with van der Waals surface area (Å²) in [4.78, 5) is 24.0. The molecule has 0 aliphatic heterocycles. The fourth-order valence-electron chi connectivity index (χ4n) is 1.99. The molecule has 0 fully saturated rings. The van der Waals surface area contributed by atoms with Gasteiger partial charge >= 0.3 is 17.7 Å². The summed E-state index contributed by atoms with van der Waals surface area (Å²) in [5.74, 6) is -3.63. The molecule has 0 saturated heterocycles. The minimum atomic E-state index is -2.16. The van der Waals surface area contributed by atoms with Crippen LogP contribution in [0.3, 0.4) is 0 Å². The molecule has 0 atom stereocenters. The Morgan fingerprint density at radius 3 is 1.60 bits per heavy atom. The quantitative estimate of drug-likeness (QED) is 0.136. The predicted molar refractivity (Wildman–Crippen MR) is 103 cm³/mol. The third-order valence-electron chi connectivity index (χ3n) is 3.50. The number of alkyl halides is 3. The predicted octanol–water partition coefficient (Wildman–Crippen LogP) is 6.04. The van der Waals surface area contributed by atoms with Crippen LogP contribution in [0.1, 0.15) is 65.7 Å². The molecule has 0 saturated carbocycles. The van der Waals surface area contributed by atoms with Crippen molar-refractivity contribution in [3.63, 3.8) is 0 Å². The third kappa shape index (κ3) is 8.48. The Bertz CT molecular complexity index is 467. The van der Waals surface area contributed by atoms with Crippen LogP contribution in [0.2, 0.25) is 0 Å². The molecule has 144 valence electrons. The van der Waals surface area contributed by atoms with E-state index in [0.717, 1.165) is 32.1 Å². The van der Waals surface area contributed by atoms with Gasteiger partial charge in [-0.25, -0.2) is 9.59 Å². The molecule has 0 aromatic heterocycles. The Morgan fingerprint density at radius 1 is 0.840 bits per heavy atom. The zero-order valence-electron chi connectivity index (χ0n) is 15.1. The maximum atomic E-state index is 12.0. The molecular weight excluding hydrogens is 387 g/mol. The van der Waals surface area contributed by atoms with Crippen molar-refractivity contribution in [2.24, 2.45) is 0 Å². The van der Waals surface area contributed by atoms with Gasteiger partial charge in [0.2, 0.25) is 0 Å². The highest BCUT2D eigenvalue weighted by molar-refractivity contribution is 6.68. The SMILES string of the molecule is C=C(C)C(=O)OC(CCCCCCCC)(OC(=O)C(=C)C)C(Cl)(Cl)Cl. The Hall–Kier alpha value is -0.710. The first-order chi connectivity index (χ1) is 11.5. The van der Waals surface area contributed by atoms with E-state index in [-0.39, 0.29) is 17.6 Å². The second kappa shape index (κ2) is 11.1. The van der Waals surface area contributed by atoms with Crippen LogP contribution in [0.15, 0.2) is 24.3 Å². The van der Waals surface area contributed by atoms with Crippen molar-refractivity contribution in [2.75, 3.05) is 0 Å². The van der Waals surface area contributed by atoms with E-state index in [1.54, 1.807) is 0 Å². The lowest BCUT2D eigenvalue weighted by atomic mass is 10.1. The first kappa shape index (κ1) is 24.3. The van der Waals surface area contributed by atoms with Crippen molar-refractivity contribution in [3.8, 4) is 0 Å². The number of ether oxygens (including phenoxy) is 2. The largest absolute Gasteiger partial charge is 0.414 e. The van der Waals surface area contributed by atoms with E-state index in [9.17, 15) is 9.59 Å². The lowest BCUT2D eigenvalue weighted by Crippen LogP contribution is -2.51. The molecule has 0 aliphatic rings. The Kier molecular flexibility index (Phi) is 10.8. The number of carbonyl (C=O) groups is 2. The molecule has 25 heavy (non-hydrogen) atoms. The van der Waals surface area contributed by atoms with Gasteiger partial charge in [0.1, 0.15) is 0 Å². The molecule has 0 aromatic carbocycles. The van der Waals surface area contributed by atoms with E-state index < -0.39 is 21.5 Å². The molecule has 0 spiro atoms. The maximum Gasteiger partial charge on any atom is 0.336 e. The molecule has 0 amide bonds. The summed E-state index contributed by atoms with van der Waals surface area (Å²) >= 11 is 18.1. The number of halogens is 3. The highest BCUT2D eigenvalue weighted by Crippen LogP contribution is 2.45. The monoisotopic (exact) mass is 412 g/mol. The minimum Gasteiger partial charge on any atom is -0.414 e. The van der Waals surface area contributed by atoms with Gasteiger partial charge in [0.25, 0.3) is 3.79 Å². The van der Waals surface area contributed by atoms with Gasteiger partial charge in [-0.3, -0.25) is 0 Å². The Morgan fingerprint density at radius 2 is 1.24 bits per heavy atom. The Labute approximate surface area is 165 Å². The van der Waals surface area contributed by atoms with Crippen LogP contribution >= 0.6 is 34.8 Å². The number of unbranched alkanes of at least 4 members (excludes halogenated alkanes) is 5. The van der Waals surface area contributed by atoms with Crippen molar-refractivity contribution >= 4 is 46.7 Å². The molecular formula is C18H27Cl3O4. The molecule has 4 nitrogen and oxygen atoms in total. The van der Waals surface area contributed by atoms with Gasteiger partial charge in [-0.2, -0.15) is 0 Å². The summed E-state index contributed by atoms with van der Waals surface area (Å²) in [6, 6.07) is 0. The van der Waals surface area contributed by atoms with Gasteiger partial charge in [-0.15, -0.1) is 0 Å². The van der Waals surface area contributed by atoms with Gasteiger partial charge in [0, 0.05) is 17.6 Å². The van der Waals surface area contributed by atoms with Gasteiger partial charge in [-0.1, -0.05) is 87.0 Å². The van der Waals surface area contributed by atoms with E-state index in [0.29, 0.717) is 6.42 Å². The summed E-state index contributed by atoms with van der Waals surface area (Å²) in [5, 5.41) is 0. The second-order valence-corrected chi connectivity index (χ2v) is 8.39. The van der Waals surface area contributed by atoms with E-state index >= 15 is 0 Å². The summed E-state index contributed by atoms with van der Waals surface area (Å²) in [6.45, 7) is 12.0. The number of rotatable bonds is 11. The summed E-state index contributed by atoms with van der Waals surface area (Å²) < 4.78 is 8.43. The summed E-state index contributed by atoms with van der Waals surface area (Å²) in [5.41, 5.74) is 0.209. The highest BCUT2D eigenvalue weighted by Gasteiger charge is 2.55. The molecule has 0 rings (SSSR count). The third-order valence-corrected chi connectivity index (χ3v) is 4.37. The molecule has 0 aromatic rings. The van der Waals surface area contributed by atoms with Crippen LogP contribution in [-0.4, -0.2) is 21.5 Å². The van der Waals surface area contributed by atoms with E-state index in [4.69, 9.17) is 44.3 Å². The van der Waals surface area contributed by atoms with Crippen molar-refractivity contribution < 1.29 is 19.1 Å². The zero-order valence-corrected chi connectivity index (χ0v) is 17.4. The van der Waals surface area contributed by atoms with Crippen molar-refractivity contribution in [2.45, 2.75) is 75.3 Å². The molecule has 0 aliphatic carbocycles. The second-order valence-electron chi connectivity index (χ2n) is 6.11. The van der Waals surface area contributed by atoms with E-state index in [1.165, 1.54) is 13.8 Å². The normalized spacial score (nSPS) is 11.8. The fourth-order valence-corrected chi connectivity index (χ4v) is 2.51. The van der Waals surface area contributed by atoms with Crippen LogP contribution in [0.5, 0.6) is 0 Å². The molecule has 0 radical (unpaired) electrons. The number of hydrogen-bond donors (Lipinski definition) is 0. The van der Waals surface area contributed by atoms with Gasteiger partial charge < -0.3 is 9.47 Å². The van der Waals surface area contributed by atoms with Gasteiger partial charge in [-0.05, 0) is 20.3 Å². The molecule has 0 unspecified atom stereocenters. The standard InChI is InChI=1S/C18H27Cl3O4/c1-6-7-8-9-10-11-12-17(18(19,20)21,24-15(22)13(2)3)25-16(23)14(4)5/h2,4,6-12H2,1,3,5H3. The van der Waals surface area contributed by atoms with E-state index in [1.807, 2.05) is 0 Å². The van der Waals surface area contributed by atoms with E-state index in [2.05, 4.69) is 20.1 Å². The van der Waals surface area contributed by atoms with Crippen molar-refractivity contribution in [1.82, 2.24) is 0 Å². The van der Waals surface area contributed by atoms with Crippen LogP contribution < -0.4 is 0 Å². The van der Waals surface area contributed by atoms with Gasteiger partial charge in [0.15, 0.2) is 0 Å². The molecule has 0 heterocycles. The number of esters is 2. The molecule has 0 bridgehead atoms. The van der Waals surface area contributed by atoms with Crippen molar-refractivity contribution in [3.05, 3.63) is 24.3 Å². The highest BCUT2D eigenvalue weighted by atomic mass is 35.6. The molecule has 7 heteroatoms. The topological polar surface area (TPSA) is 52.6 Å². The van der Waals surface area contributed by atoms with Crippen LogP contribution in [0.4, 0.5) is 0 Å². The average molecular weight is 414 g/mol. The number of hydrogen-bond acceptors (Lipinski definition) is 4. The first-order valence-electron chi connectivity index (χ1n) is 8.31. The van der Waals surface area contributed by atoms with Gasteiger partial charge in [0.05, 0.1) is 0 Å². The minimum absolute atomic E-state index is 0.0632. The fraction of sp³-hybridized carbons (Fsp3) is 0.667. The lowest BCUT2D eigenvalue weighted by Gasteiger charge is -2.38. The molecule has 0 N–H and O–H groups in total. The summed E-state index contributed by atoms with van der Waals surface area (Å²) in [7, 11) is 0. The average Bonchev–Trinajstić information content (AvgIpc) is 2.48.